The lowest BCUT2D eigenvalue weighted by Gasteiger charge is -2.05. The third-order valence-corrected chi connectivity index (χ3v) is 3.40. The number of unbranched alkanes of at least 4 members (excludes halogenated alkanes) is 1. The second-order valence-corrected chi connectivity index (χ2v) is 4.84. The van der Waals surface area contributed by atoms with Crippen LogP contribution in [0, 0.1) is 0 Å². The Kier molecular flexibility index (Phi) is 3.68. The molecule has 0 saturated carbocycles. The topological polar surface area (TPSA) is 37.4 Å². The molecule has 0 unspecified atom stereocenters. The molecule has 0 atom stereocenters. The number of fused-ring (bicyclic) bond motifs is 3. The largest absolute Gasteiger partial charge is 0.394 e. The fraction of sp³-hybridized carbons (Fsp3) is 0.235. The molecular formula is C17H18N2O. The van der Waals surface area contributed by atoms with Crippen LogP contribution in [0.15, 0.2) is 53.7 Å². The molecule has 0 radical (unpaired) electrons. The molecule has 3 rings (SSSR count). The Morgan fingerprint density at radius 1 is 0.950 bits per heavy atom. The van der Waals surface area contributed by atoms with Gasteiger partial charge in [-0.05, 0) is 17.9 Å². The Labute approximate surface area is 117 Å². The summed E-state index contributed by atoms with van der Waals surface area (Å²) in [5.41, 5.74) is 1.86. The number of pyridine rings is 1. The van der Waals surface area contributed by atoms with Gasteiger partial charge in [-0.25, -0.2) is 0 Å². The van der Waals surface area contributed by atoms with E-state index in [2.05, 4.69) is 53.5 Å². The zero-order valence-corrected chi connectivity index (χ0v) is 11.6. The zero-order chi connectivity index (χ0) is 13.8. The van der Waals surface area contributed by atoms with E-state index in [1.165, 1.54) is 10.8 Å². The molecule has 0 spiro atoms. The van der Waals surface area contributed by atoms with Crippen molar-refractivity contribution in [1.82, 2.24) is 4.98 Å². The Morgan fingerprint density at radius 3 is 2.45 bits per heavy atom. The summed E-state index contributed by atoms with van der Waals surface area (Å²) >= 11 is 0. The van der Waals surface area contributed by atoms with Crippen LogP contribution in [0.5, 0.6) is 0 Å². The Morgan fingerprint density at radius 2 is 1.65 bits per heavy atom. The van der Waals surface area contributed by atoms with E-state index in [0.29, 0.717) is 6.61 Å². The fourth-order valence-corrected chi connectivity index (χ4v) is 2.34. The molecule has 102 valence electrons. The molecule has 2 aromatic carbocycles. The zero-order valence-electron chi connectivity index (χ0n) is 11.6. The van der Waals surface area contributed by atoms with Crippen molar-refractivity contribution in [3.8, 4) is 0 Å². The number of hydrogen-bond donors (Lipinski definition) is 1. The first-order valence-electron chi connectivity index (χ1n) is 7.06. The van der Waals surface area contributed by atoms with Crippen molar-refractivity contribution in [3.05, 3.63) is 54.0 Å². The molecule has 20 heavy (non-hydrogen) atoms. The van der Waals surface area contributed by atoms with Crippen LogP contribution < -0.4 is 5.49 Å². The molecule has 0 saturated heterocycles. The van der Waals surface area contributed by atoms with E-state index in [9.17, 15) is 0 Å². The highest BCUT2D eigenvalue weighted by Crippen LogP contribution is 2.20. The standard InChI is InChI=1S/C17H18N2O/c1-2-3-12-20-19-17-15-10-5-4-8-13(15)14-9-6-7-11-16(14)18-17/h4-11H,2-3,12H2,1H3,(H,18,19). The van der Waals surface area contributed by atoms with Gasteiger partial charge in [0.2, 0.25) is 0 Å². The second kappa shape index (κ2) is 5.78. The van der Waals surface area contributed by atoms with Gasteiger partial charge in [0.15, 0.2) is 5.49 Å². The van der Waals surface area contributed by atoms with E-state index >= 15 is 0 Å². The van der Waals surface area contributed by atoms with Crippen LogP contribution in [0.4, 0.5) is 0 Å². The molecule has 0 fully saturated rings. The summed E-state index contributed by atoms with van der Waals surface area (Å²) in [5.74, 6) is 0. The Balaban J connectivity index is 2.19. The molecule has 3 nitrogen and oxygen atoms in total. The number of nitrogens with one attached hydrogen (secondary N) is 1. The van der Waals surface area contributed by atoms with Gasteiger partial charge < -0.3 is 9.82 Å². The third kappa shape index (κ3) is 2.39. The van der Waals surface area contributed by atoms with Crippen molar-refractivity contribution >= 4 is 21.7 Å². The number of aromatic amines is 1. The number of rotatable bonds is 4. The van der Waals surface area contributed by atoms with Crippen molar-refractivity contribution in [2.75, 3.05) is 6.61 Å². The summed E-state index contributed by atoms with van der Waals surface area (Å²) in [4.78, 5) is 8.77. The third-order valence-electron chi connectivity index (χ3n) is 3.40. The van der Waals surface area contributed by atoms with E-state index in [-0.39, 0.29) is 0 Å². The van der Waals surface area contributed by atoms with Crippen molar-refractivity contribution in [3.63, 3.8) is 0 Å². The number of nitrogens with zero attached hydrogens (tertiary/aromatic N) is 1. The maximum Gasteiger partial charge on any atom is 0.177 e. The highest BCUT2D eigenvalue weighted by Gasteiger charge is 2.02. The van der Waals surface area contributed by atoms with Gasteiger partial charge in [-0.3, -0.25) is 0 Å². The molecule has 1 aromatic heterocycles. The highest BCUT2D eigenvalue weighted by atomic mass is 16.6. The monoisotopic (exact) mass is 266 g/mol. The number of hydrogen-bond acceptors (Lipinski definition) is 2. The molecular weight excluding hydrogens is 248 g/mol. The first-order valence-corrected chi connectivity index (χ1v) is 7.06. The fourth-order valence-electron chi connectivity index (χ4n) is 2.34. The van der Waals surface area contributed by atoms with Crippen molar-refractivity contribution in [2.24, 2.45) is 5.16 Å². The summed E-state index contributed by atoms with van der Waals surface area (Å²) in [5, 5.41) is 7.75. The van der Waals surface area contributed by atoms with Gasteiger partial charge in [-0.1, -0.05) is 61.0 Å². The van der Waals surface area contributed by atoms with E-state index in [0.717, 1.165) is 29.2 Å². The summed E-state index contributed by atoms with van der Waals surface area (Å²) in [6, 6.07) is 16.5. The van der Waals surface area contributed by atoms with Crippen molar-refractivity contribution in [2.45, 2.75) is 19.8 Å². The molecule has 1 N–H and O–H groups in total. The predicted octanol–water partition coefficient (Wildman–Crippen LogP) is 3.95. The lowest BCUT2D eigenvalue weighted by Crippen LogP contribution is -2.10. The van der Waals surface area contributed by atoms with Crippen LogP contribution >= 0.6 is 0 Å². The minimum Gasteiger partial charge on any atom is -0.394 e. The lowest BCUT2D eigenvalue weighted by atomic mass is 10.1. The van der Waals surface area contributed by atoms with Crippen molar-refractivity contribution in [1.29, 1.82) is 0 Å². The normalized spacial score (nSPS) is 12.2. The van der Waals surface area contributed by atoms with Gasteiger partial charge >= 0.3 is 0 Å². The number of aromatic nitrogens is 1. The number of para-hydroxylation sites is 1. The Bertz CT molecular complexity index is 789. The smallest absolute Gasteiger partial charge is 0.177 e. The van der Waals surface area contributed by atoms with E-state index in [4.69, 9.17) is 4.84 Å². The van der Waals surface area contributed by atoms with Gasteiger partial charge in [0.25, 0.3) is 0 Å². The van der Waals surface area contributed by atoms with Crippen LogP contribution in [0.3, 0.4) is 0 Å². The SMILES string of the molecule is CCCCO/N=c1\[nH]c2ccccc2c2ccccc12. The molecule has 0 aliphatic heterocycles. The van der Waals surface area contributed by atoms with Gasteiger partial charge in [0.1, 0.15) is 6.61 Å². The molecule has 1 heterocycles. The van der Waals surface area contributed by atoms with E-state index in [1.54, 1.807) is 0 Å². The van der Waals surface area contributed by atoms with Crippen LogP contribution in [-0.2, 0) is 4.84 Å². The molecule has 0 aliphatic rings. The molecule has 0 bridgehead atoms. The van der Waals surface area contributed by atoms with E-state index < -0.39 is 0 Å². The van der Waals surface area contributed by atoms with Crippen LogP contribution in [0.25, 0.3) is 21.7 Å². The molecule has 3 heteroatoms. The van der Waals surface area contributed by atoms with Crippen LogP contribution in [0.2, 0.25) is 0 Å². The van der Waals surface area contributed by atoms with E-state index in [1.807, 2.05) is 12.1 Å². The maximum atomic E-state index is 5.41. The van der Waals surface area contributed by atoms with Crippen LogP contribution in [-0.4, -0.2) is 11.6 Å². The summed E-state index contributed by atoms with van der Waals surface area (Å²) in [6.45, 7) is 2.80. The minimum absolute atomic E-state index is 0.658. The summed E-state index contributed by atoms with van der Waals surface area (Å²) < 4.78 is 0. The minimum atomic E-state index is 0.658. The van der Waals surface area contributed by atoms with Gasteiger partial charge in [0, 0.05) is 16.3 Å². The highest BCUT2D eigenvalue weighted by molar-refractivity contribution is 6.04. The number of H-pyrrole nitrogens is 1. The first-order chi connectivity index (χ1) is 9.90. The molecule has 0 aliphatic carbocycles. The number of benzene rings is 2. The predicted molar refractivity (Wildman–Crippen MR) is 82.2 cm³/mol. The Hall–Kier alpha value is -2.29. The molecule has 3 aromatic rings. The lowest BCUT2D eigenvalue weighted by molar-refractivity contribution is 0.130. The van der Waals surface area contributed by atoms with Gasteiger partial charge in [-0.2, -0.15) is 0 Å². The van der Waals surface area contributed by atoms with Gasteiger partial charge in [0.05, 0.1) is 0 Å². The van der Waals surface area contributed by atoms with Crippen LogP contribution in [0.1, 0.15) is 19.8 Å². The quantitative estimate of drug-likeness (QED) is 0.433. The average Bonchev–Trinajstić information content (AvgIpc) is 2.51. The average molecular weight is 266 g/mol. The van der Waals surface area contributed by atoms with Crippen molar-refractivity contribution < 1.29 is 4.84 Å². The summed E-state index contributed by atoms with van der Waals surface area (Å²) in [7, 11) is 0. The maximum absolute atomic E-state index is 5.41. The summed E-state index contributed by atoms with van der Waals surface area (Å²) in [6.07, 6.45) is 2.13. The molecule has 0 amide bonds. The second-order valence-electron chi connectivity index (χ2n) is 4.84. The first kappa shape index (κ1) is 12.7. The van der Waals surface area contributed by atoms with Gasteiger partial charge in [-0.15, -0.1) is 0 Å².